The zero-order valence-corrected chi connectivity index (χ0v) is 15.8. The Morgan fingerprint density at radius 1 is 1.14 bits per heavy atom. The van der Waals surface area contributed by atoms with E-state index in [2.05, 4.69) is 15.2 Å². The Balaban J connectivity index is 1.68. The summed E-state index contributed by atoms with van der Waals surface area (Å²) in [7, 11) is 2.98. The van der Waals surface area contributed by atoms with Gasteiger partial charge in [0.2, 0.25) is 5.88 Å². The maximum atomic E-state index is 13.4. The van der Waals surface area contributed by atoms with Crippen molar-refractivity contribution in [2.45, 2.75) is 6.54 Å². The summed E-state index contributed by atoms with van der Waals surface area (Å²) in [5, 5.41) is 6.68. The van der Waals surface area contributed by atoms with Gasteiger partial charge in [0.15, 0.2) is 0 Å². The van der Waals surface area contributed by atoms with Gasteiger partial charge in [0.25, 0.3) is 0 Å². The normalized spacial score (nSPS) is 10.9. The molecule has 0 saturated heterocycles. The molecule has 0 aliphatic rings. The van der Waals surface area contributed by atoms with Crippen LogP contribution in [0.1, 0.15) is 5.56 Å². The molecule has 0 atom stereocenters. The highest BCUT2D eigenvalue weighted by Crippen LogP contribution is 2.28. The van der Waals surface area contributed by atoms with Crippen LogP contribution in [0.3, 0.4) is 0 Å². The average molecular weight is 395 g/mol. The second-order valence-corrected chi connectivity index (χ2v) is 6.25. The summed E-state index contributed by atoms with van der Waals surface area (Å²) in [4.78, 5) is 17.3. The van der Waals surface area contributed by atoms with E-state index < -0.39 is 5.82 Å². The predicted octanol–water partition coefficient (Wildman–Crippen LogP) is 2.63. The number of ether oxygens (including phenoxy) is 2. The van der Waals surface area contributed by atoms with Crippen molar-refractivity contribution in [2.75, 3.05) is 14.2 Å². The summed E-state index contributed by atoms with van der Waals surface area (Å²) < 4.78 is 26.9. The molecule has 0 fully saturated rings. The highest BCUT2D eigenvalue weighted by Gasteiger charge is 2.14. The van der Waals surface area contributed by atoms with Gasteiger partial charge in [0.05, 0.1) is 27.0 Å². The maximum absolute atomic E-state index is 13.4. The van der Waals surface area contributed by atoms with E-state index in [1.54, 1.807) is 36.9 Å². The van der Waals surface area contributed by atoms with Crippen molar-refractivity contribution in [1.82, 2.24) is 24.3 Å². The van der Waals surface area contributed by atoms with E-state index in [4.69, 9.17) is 9.47 Å². The number of halogens is 1. The Morgan fingerprint density at radius 2 is 2.00 bits per heavy atom. The molecule has 1 N–H and O–H groups in total. The Bertz CT molecular complexity index is 1200. The Morgan fingerprint density at radius 3 is 2.72 bits per heavy atom. The van der Waals surface area contributed by atoms with Crippen LogP contribution in [0.4, 0.5) is 4.39 Å². The van der Waals surface area contributed by atoms with Gasteiger partial charge in [-0.2, -0.15) is 10.1 Å². The van der Waals surface area contributed by atoms with Crippen molar-refractivity contribution in [3.63, 3.8) is 0 Å². The predicted molar refractivity (Wildman–Crippen MR) is 104 cm³/mol. The molecule has 0 amide bonds. The zero-order valence-electron chi connectivity index (χ0n) is 15.8. The number of aromatic amines is 1. The van der Waals surface area contributed by atoms with E-state index in [0.717, 1.165) is 11.1 Å². The molecule has 3 heterocycles. The summed E-state index contributed by atoms with van der Waals surface area (Å²) in [6, 6.07) is 7.77. The van der Waals surface area contributed by atoms with E-state index in [-0.39, 0.29) is 12.2 Å². The number of H-pyrrole nitrogens is 1. The van der Waals surface area contributed by atoms with Crippen molar-refractivity contribution in [2.24, 2.45) is 0 Å². The van der Waals surface area contributed by atoms with Crippen LogP contribution < -0.4 is 15.2 Å². The van der Waals surface area contributed by atoms with Gasteiger partial charge in [0.1, 0.15) is 17.4 Å². The van der Waals surface area contributed by atoms with E-state index in [1.807, 2.05) is 6.07 Å². The summed E-state index contributed by atoms with van der Waals surface area (Å²) in [6.45, 7) is 0.236. The Labute approximate surface area is 165 Å². The molecule has 1 aromatic carbocycles. The molecule has 9 heteroatoms. The molecular formula is C20H18FN5O3. The van der Waals surface area contributed by atoms with E-state index in [0.29, 0.717) is 23.0 Å². The van der Waals surface area contributed by atoms with Gasteiger partial charge in [0, 0.05) is 41.3 Å². The zero-order chi connectivity index (χ0) is 20.4. The molecule has 4 rings (SSSR count). The molecule has 8 nitrogen and oxygen atoms in total. The molecular weight excluding hydrogens is 377 g/mol. The van der Waals surface area contributed by atoms with Gasteiger partial charge < -0.3 is 9.47 Å². The largest absolute Gasteiger partial charge is 0.496 e. The minimum atomic E-state index is -0.399. The number of nitrogens with one attached hydrogen (secondary N) is 1. The lowest BCUT2D eigenvalue weighted by atomic mass is 10.1. The summed E-state index contributed by atoms with van der Waals surface area (Å²) >= 11 is 0. The lowest BCUT2D eigenvalue weighted by Gasteiger charge is -2.09. The summed E-state index contributed by atoms with van der Waals surface area (Å²) in [5.74, 6) is 0.783. The van der Waals surface area contributed by atoms with Crippen LogP contribution in [0, 0.1) is 5.82 Å². The number of nitrogens with zero attached hydrogens (tertiary/aromatic N) is 4. The Kier molecular flexibility index (Phi) is 4.86. The molecule has 3 aromatic heterocycles. The first-order chi connectivity index (χ1) is 14.1. The van der Waals surface area contributed by atoms with E-state index in [9.17, 15) is 9.18 Å². The fraction of sp³-hybridized carbons (Fsp3) is 0.150. The van der Waals surface area contributed by atoms with Crippen LogP contribution in [0.5, 0.6) is 11.6 Å². The smallest absolute Gasteiger partial charge is 0.334 e. The topological polar surface area (TPSA) is 87.0 Å². The second-order valence-electron chi connectivity index (χ2n) is 6.25. The molecule has 0 aliphatic carbocycles. The number of aromatic nitrogens is 5. The van der Waals surface area contributed by atoms with E-state index in [1.165, 1.54) is 35.5 Å². The van der Waals surface area contributed by atoms with Gasteiger partial charge in [-0.3, -0.25) is 14.2 Å². The van der Waals surface area contributed by atoms with Gasteiger partial charge >= 0.3 is 5.69 Å². The molecule has 0 unspecified atom stereocenters. The SMILES string of the molecule is COc1cc(F)ccc1Cn1ccn(-c2ccc(-c3cn[nH]c3)c(OC)n2)c1=O. The third-order valence-corrected chi connectivity index (χ3v) is 4.53. The number of benzene rings is 1. The standard InChI is InChI=1S/C20H18FN5O3/c1-28-17-9-15(21)4-3-13(17)12-25-7-8-26(20(25)27)18-6-5-16(19(24-18)29-2)14-10-22-23-11-14/h3-11H,12H2,1-2H3,(H,22,23). The summed E-state index contributed by atoms with van der Waals surface area (Å²) in [5.41, 5.74) is 1.99. The van der Waals surface area contributed by atoms with Crippen molar-refractivity contribution in [3.8, 4) is 28.6 Å². The molecule has 0 bridgehead atoms. The highest BCUT2D eigenvalue weighted by atomic mass is 19.1. The number of imidazole rings is 1. The monoisotopic (exact) mass is 395 g/mol. The number of pyridine rings is 1. The molecule has 148 valence electrons. The lowest BCUT2D eigenvalue weighted by Crippen LogP contribution is -2.24. The van der Waals surface area contributed by atoms with Gasteiger partial charge in [-0.25, -0.2) is 9.18 Å². The minimum absolute atomic E-state index is 0.236. The van der Waals surface area contributed by atoms with Gasteiger partial charge in [-0.1, -0.05) is 6.07 Å². The third-order valence-electron chi connectivity index (χ3n) is 4.53. The highest BCUT2D eigenvalue weighted by molar-refractivity contribution is 5.67. The molecule has 0 spiro atoms. The first kappa shape index (κ1) is 18.5. The van der Waals surface area contributed by atoms with Crippen LogP contribution in [-0.4, -0.2) is 38.5 Å². The molecule has 29 heavy (non-hydrogen) atoms. The van der Waals surface area contributed by atoms with Crippen LogP contribution >= 0.6 is 0 Å². The van der Waals surface area contributed by atoms with Crippen LogP contribution in [0.2, 0.25) is 0 Å². The van der Waals surface area contributed by atoms with Crippen molar-refractivity contribution < 1.29 is 13.9 Å². The van der Waals surface area contributed by atoms with Crippen molar-refractivity contribution in [3.05, 3.63) is 77.0 Å². The fourth-order valence-electron chi connectivity index (χ4n) is 3.08. The molecule has 4 aromatic rings. The number of hydrogen-bond acceptors (Lipinski definition) is 5. The second kappa shape index (κ2) is 7.63. The van der Waals surface area contributed by atoms with Crippen LogP contribution in [-0.2, 0) is 6.54 Å². The Hall–Kier alpha value is -3.88. The minimum Gasteiger partial charge on any atom is -0.496 e. The number of rotatable bonds is 6. The summed E-state index contributed by atoms with van der Waals surface area (Å²) in [6.07, 6.45) is 6.66. The molecule has 0 radical (unpaired) electrons. The first-order valence-corrected chi connectivity index (χ1v) is 8.75. The fourth-order valence-corrected chi connectivity index (χ4v) is 3.08. The van der Waals surface area contributed by atoms with Gasteiger partial charge in [-0.05, 0) is 18.2 Å². The first-order valence-electron chi connectivity index (χ1n) is 8.75. The van der Waals surface area contributed by atoms with Gasteiger partial charge in [-0.15, -0.1) is 0 Å². The average Bonchev–Trinajstić information content (AvgIpc) is 3.39. The number of hydrogen-bond donors (Lipinski definition) is 1. The number of methoxy groups -OCH3 is 2. The van der Waals surface area contributed by atoms with Crippen LogP contribution in [0.25, 0.3) is 16.9 Å². The van der Waals surface area contributed by atoms with Crippen molar-refractivity contribution >= 4 is 0 Å². The quantitative estimate of drug-likeness (QED) is 0.542. The molecule has 0 saturated carbocycles. The van der Waals surface area contributed by atoms with E-state index >= 15 is 0 Å². The lowest BCUT2D eigenvalue weighted by molar-refractivity contribution is 0.399. The maximum Gasteiger partial charge on any atom is 0.334 e. The van der Waals surface area contributed by atoms with Crippen LogP contribution in [0.15, 0.2) is 59.9 Å². The molecule has 0 aliphatic heterocycles. The third kappa shape index (κ3) is 3.49. The van der Waals surface area contributed by atoms with Crippen molar-refractivity contribution in [1.29, 1.82) is 0 Å².